The summed E-state index contributed by atoms with van der Waals surface area (Å²) in [6, 6.07) is 9.64. The fourth-order valence-corrected chi connectivity index (χ4v) is 5.74. The van der Waals surface area contributed by atoms with Crippen molar-refractivity contribution in [3.05, 3.63) is 36.2 Å². The molecule has 0 radical (unpaired) electrons. The molecule has 4 N–H and O–H groups in total. The highest BCUT2D eigenvalue weighted by atomic mass is 31.2. The summed E-state index contributed by atoms with van der Waals surface area (Å²) in [7, 11) is -4.25. The number of nitrogens with two attached hydrogens (primary N) is 1. The SMILES string of the molecule is CCCCCCCCCCCCCCCCOCCCc1nc(N)c2nc(-c3ccccc3)n(CCOCP(=O)(O)O)c2n1. The van der Waals surface area contributed by atoms with Gasteiger partial charge in [-0.25, -0.2) is 15.0 Å². The number of unbranched alkanes of at least 4 members (excludes halogenated alkanes) is 13. The van der Waals surface area contributed by atoms with Crippen molar-refractivity contribution >= 4 is 24.6 Å². The zero-order valence-corrected chi connectivity index (χ0v) is 27.6. The molecule has 0 fully saturated rings. The Kier molecular flexibility index (Phi) is 16.9. The van der Waals surface area contributed by atoms with Crippen molar-refractivity contribution in [3.63, 3.8) is 0 Å². The highest BCUT2D eigenvalue weighted by Gasteiger charge is 2.19. The first-order valence-electron chi connectivity index (χ1n) is 16.7. The number of fused-ring (bicyclic) bond motifs is 1. The lowest BCUT2D eigenvalue weighted by Gasteiger charge is -2.11. The quantitative estimate of drug-likeness (QED) is 0.0634. The number of benzene rings is 1. The van der Waals surface area contributed by atoms with Gasteiger partial charge in [0, 0.05) is 31.7 Å². The van der Waals surface area contributed by atoms with E-state index in [2.05, 4.69) is 11.9 Å². The van der Waals surface area contributed by atoms with Gasteiger partial charge in [0.05, 0.1) is 6.61 Å². The molecular formula is C33H54N5O5P. The molecule has 0 amide bonds. The predicted octanol–water partition coefficient (Wildman–Crippen LogP) is 7.66. The third-order valence-corrected chi connectivity index (χ3v) is 8.27. The second-order valence-corrected chi connectivity index (χ2v) is 13.3. The number of aryl methyl sites for hydroxylation is 1. The van der Waals surface area contributed by atoms with Crippen LogP contribution in [-0.4, -0.2) is 55.5 Å². The summed E-state index contributed by atoms with van der Waals surface area (Å²) in [6.45, 7) is 4.09. The Hall–Kier alpha value is -2.36. The number of aromatic nitrogens is 4. The smallest absolute Gasteiger partial charge is 0.350 e. The number of nitrogen functional groups attached to an aromatic ring is 1. The minimum Gasteiger partial charge on any atom is -0.382 e. The normalized spacial score (nSPS) is 12.0. The molecule has 0 bridgehead atoms. The van der Waals surface area contributed by atoms with Crippen LogP contribution in [0.3, 0.4) is 0 Å². The van der Waals surface area contributed by atoms with E-state index in [-0.39, 0.29) is 6.61 Å². The van der Waals surface area contributed by atoms with Crippen molar-refractivity contribution in [2.45, 2.75) is 116 Å². The van der Waals surface area contributed by atoms with Crippen molar-refractivity contribution in [1.29, 1.82) is 0 Å². The molecule has 3 rings (SSSR count). The Balaban J connectivity index is 1.36. The zero-order chi connectivity index (χ0) is 31.5. The van der Waals surface area contributed by atoms with Gasteiger partial charge in [0.1, 0.15) is 18.0 Å². The summed E-state index contributed by atoms with van der Waals surface area (Å²) < 4.78 is 24.2. The molecule has 1 aromatic carbocycles. The molecule has 2 aromatic heterocycles. The molecule has 3 aromatic rings. The van der Waals surface area contributed by atoms with E-state index in [1.54, 1.807) is 0 Å². The molecule has 10 nitrogen and oxygen atoms in total. The van der Waals surface area contributed by atoms with Gasteiger partial charge in [-0.1, -0.05) is 121 Å². The van der Waals surface area contributed by atoms with Crippen LogP contribution in [0.2, 0.25) is 0 Å². The van der Waals surface area contributed by atoms with Gasteiger partial charge in [-0.15, -0.1) is 0 Å². The minimum absolute atomic E-state index is 0.0861. The summed E-state index contributed by atoms with van der Waals surface area (Å²) >= 11 is 0. The molecular weight excluding hydrogens is 577 g/mol. The summed E-state index contributed by atoms with van der Waals surface area (Å²) in [5.74, 6) is 1.57. The third kappa shape index (κ3) is 13.7. The number of hydrogen-bond donors (Lipinski definition) is 3. The lowest BCUT2D eigenvalue weighted by Crippen LogP contribution is -2.10. The Morgan fingerprint density at radius 2 is 1.34 bits per heavy atom. The van der Waals surface area contributed by atoms with E-state index < -0.39 is 13.9 Å². The first-order valence-corrected chi connectivity index (χ1v) is 18.5. The molecule has 0 aliphatic carbocycles. The van der Waals surface area contributed by atoms with Crippen molar-refractivity contribution in [1.82, 2.24) is 19.5 Å². The number of rotatable bonds is 25. The average Bonchev–Trinajstić information content (AvgIpc) is 3.37. The largest absolute Gasteiger partial charge is 0.382 e. The first kappa shape index (κ1) is 36.1. The maximum absolute atomic E-state index is 11.2. The van der Waals surface area contributed by atoms with E-state index in [1.807, 2.05) is 34.9 Å². The van der Waals surface area contributed by atoms with Crippen LogP contribution in [0.5, 0.6) is 0 Å². The average molecular weight is 632 g/mol. The summed E-state index contributed by atoms with van der Waals surface area (Å²) in [5.41, 5.74) is 8.26. The number of anilines is 1. The van der Waals surface area contributed by atoms with Crippen LogP contribution in [0.25, 0.3) is 22.6 Å². The number of nitrogens with zero attached hydrogens (tertiary/aromatic N) is 4. The Bertz CT molecular complexity index is 1250. The van der Waals surface area contributed by atoms with E-state index in [0.717, 1.165) is 25.0 Å². The van der Waals surface area contributed by atoms with Gasteiger partial charge in [-0.2, -0.15) is 0 Å². The van der Waals surface area contributed by atoms with E-state index in [1.165, 1.54) is 83.5 Å². The van der Waals surface area contributed by atoms with Gasteiger partial charge < -0.3 is 29.6 Å². The molecule has 0 spiro atoms. The van der Waals surface area contributed by atoms with Gasteiger partial charge in [0.2, 0.25) is 0 Å². The van der Waals surface area contributed by atoms with Crippen molar-refractivity contribution in [2.24, 2.45) is 0 Å². The van der Waals surface area contributed by atoms with Crippen molar-refractivity contribution in [3.8, 4) is 11.4 Å². The fraction of sp³-hybridized carbons (Fsp3) is 0.667. The van der Waals surface area contributed by atoms with Crippen LogP contribution in [0.15, 0.2) is 30.3 Å². The van der Waals surface area contributed by atoms with Gasteiger partial charge in [0.15, 0.2) is 17.0 Å². The summed E-state index contributed by atoms with van der Waals surface area (Å²) in [5, 5.41) is 0. The molecule has 0 aliphatic rings. The Morgan fingerprint density at radius 1 is 0.750 bits per heavy atom. The zero-order valence-electron chi connectivity index (χ0n) is 26.7. The molecule has 0 aliphatic heterocycles. The van der Waals surface area contributed by atoms with E-state index >= 15 is 0 Å². The monoisotopic (exact) mass is 631 g/mol. The van der Waals surface area contributed by atoms with Gasteiger partial charge in [0.25, 0.3) is 0 Å². The first-order chi connectivity index (χ1) is 21.4. The topological polar surface area (TPSA) is 146 Å². The number of ether oxygens (including phenoxy) is 2. The molecule has 11 heteroatoms. The Morgan fingerprint density at radius 3 is 1.95 bits per heavy atom. The second-order valence-electron chi connectivity index (χ2n) is 11.7. The van der Waals surface area contributed by atoms with Crippen LogP contribution in [0.1, 0.15) is 109 Å². The van der Waals surface area contributed by atoms with Gasteiger partial charge in [-0.3, -0.25) is 4.57 Å². The van der Waals surface area contributed by atoms with Crippen LogP contribution in [0.4, 0.5) is 5.82 Å². The maximum Gasteiger partial charge on any atom is 0.350 e. The van der Waals surface area contributed by atoms with Crippen LogP contribution < -0.4 is 5.73 Å². The highest BCUT2D eigenvalue weighted by molar-refractivity contribution is 7.51. The third-order valence-electron chi connectivity index (χ3n) is 7.75. The molecule has 0 saturated heterocycles. The maximum atomic E-state index is 11.2. The predicted molar refractivity (Wildman–Crippen MR) is 177 cm³/mol. The number of imidazole rings is 1. The van der Waals surface area contributed by atoms with E-state index in [0.29, 0.717) is 48.2 Å². The molecule has 246 valence electrons. The Labute approximate surface area is 263 Å². The fourth-order valence-electron chi connectivity index (χ4n) is 5.37. The van der Waals surface area contributed by atoms with E-state index in [9.17, 15) is 4.57 Å². The molecule has 44 heavy (non-hydrogen) atoms. The van der Waals surface area contributed by atoms with E-state index in [4.69, 9.17) is 35.0 Å². The molecule has 0 atom stereocenters. The second kappa shape index (κ2) is 20.6. The van der Waals surface area contributed by atoms with Crippen molar-refractivity contribution in [2.75, 3.05) is 31.9 Å². The standard InChI is InChI=1S/C33H54N5O5P/c1-2-3-4-5-6-7-8-9-10-11-12-13-14-18-24-42-25-19-22-29-35-31(34)30-33(36-29)38(23-26-43-27-44(39,40)41)32(37-30)28-20-16-15-17-21-28/h15-17,20-21H,2-14,18-19,22-27H2,1H3,(H2,34,35,36)(H2,39,40,41). The molecule has 2 heterocycles. The van der Waals surface area contributed by atoms with Gasteiger partial charge in [-0.05, 0) is 12.8 Å². The summed E-state index contributed by atoms with van der Waals surface area (Å²) in [4.78, 5) is 32.2. The number of hydrogen-bond acceptors (Lipinski definition) is 7. The highest BCUT2D eigenvalue weighted by Crippen LogP contribution is 2.34. The van der Waals surface area contributed by atoms with Crippen LogP contribution >= 0.6 is 7.60 Å². The minimum atomic E-state index is -4.25. The van der Waals surface area contributed by atoms with Crippen LogP contribution in [-0.2, 0) is 27.0 Å². The summed E-state index contributed by atoms with van der Waals surface area (Å²) in [6.07, 6.45) is 19.6. The molecule has 0 saturated carbocycles. The lowest BCUT2D eigenvalue weighted by atomic mass is 10.0. The van der Waals surface area contributed by atoms with Gasteiger partial charge >= 0.3 is 7.60 Å². The van der Waals surface area contributed by atoms with Crippen molar-refractivity contribution < 1.29 is 23.8 Å². The van der Waals surface area contributed by atoms with Crippen LogP contribution in [0, 0.1) is 0 Å². The lowest BCUT2D eigenvalue weighted by molar-refractivity contribution is 0.127. The molecule has 0 unspecified atom stereocenters.